The van der Waals surface area contributed by atoms with Crippen LogP contribution in [0.15, 0.2) is 23.1 Å². The molecule has 0 N–H and O–H groups in total. The van der Waals surface area contributed by atoms with Gasteiger partial charge in [0.15, 0.2) is 0 Å². The van der Waals surface area contributed by atoms with Gasteiger partial charge in [-0.15, -0.1) is 0 Å². The van der Waals surface area contributed by atoms with Gasteiger partial charge in [0.05, 0.1) is 5.56 Å². The van der Waals surface area contributed by atoms with Crippen LogP contribution in [0.1, 0.15) is 66.7 Å². The summed E-state index contributed by atoms with van der Waals surface area (Å²) in [5, 5.41) is 0. The minimum atomic E-state index is -3.89. The summed E-state index contributed by atoms with van der Waals surface area (Å²) in [5.74, 6) is -0.718. The van der Waals surface area contributed by atoms with Crippen LogP contribution in [0.2, 0.25) is 0 Å². The van der Waals surface area contributed by atoms with E-state index in [1.165, 1.54) is 18.6 Å². The maximum atomic E-state index is 12.8. The minimum absolute atomic E-state index is 0.0610. The van der Waals surface area contributed by atoms with E-state index in [1.807, 2.05) is 0 Å². The number of nitrogens with zero attached hydrogens (tertiary/aromatic N) is 2. The molecule has 3 rings (SSSR count). The van der Waals surface area contributed by atoms with Gasteiger partial charge in [0, 0.05) is 24.7 Å². The summed E-state index contributed by atoms with van der Waals surface area (Å²) in [6, 6.07) is 4.10. The Morgan fingerprint density at radius 3 is 2.44 bits per heavy atom. The van der Waals surface area contributed by atoms with Gasteiger partial charge in [-0.05, 0) is 44.9 Å². The second kappa shape index (κ2) is 6.44. The highest BCUT2D eigenvalue weighted by atomic mass is 32.2. The van der Waals surface area contributed by atoms with Gasteiger partial charge < -0.3 is 4.90 Å². The predicted octanol–water partition coefficient (Wildman–Crippen LogP) is 2.64. The summed E-state index contributed by atoms with van der Waals surface area (Å²) >= 11 is 0. The molecule has 0 spiro atoms. The smallest absolute Gasteiger partial charge is 0.269 e. The third kappa shape index (κ3) is 2.94. The molecule has 6 nitrogen and oxygen atoms in total. The van der Waals surface area contributed by atoms with Gasteiger partial charge in [0.2, 0.25) is 0 Å². The van der Waals surface area contributed by atoms with E-state index in [-0.39, 0.29) is 22.4 Å². The molecule has 1 heterocycles. The maximum Gasteiger partial charge on any atom is 0.269 e. The Labute approximate surface area is 148 Å². The molecular formula is C18H24N2O4S. The van der Waals surface area contributed by atoms with Crippen molar-refractivity contribution in [3.63, 3.8) is 0 Å². The van der Waals surface area contributed by atoms with Gasteiger partial charge in [-0.3, -0.25) is 9.59 Å². The highest BCUT2D eigenvalue weighted by Gasteiger charge is 2.43. The number of hydrogen-bond donors (Lipinski definition) is 0. The van der Waals surface area contributed by atoms with Crippen LogP contribution in [0, 0.1) is 0 Å². The average Bonchev–Trinajstić information content (AvgIpc) is 2.80. The van der Waals surface area contributed by atoms with Gasteiger partial charge in [0.1, 0.15) is 4.90 Å². The molecule has 25 heavy (non-hydrogen) atoms. The van der Waals surface area contributed by atoms with Crippen molar-refractivity contribution in [3.8, 4) is 0 Å². The van der Waals surface area contributed by atoms with Crippen LogP contribution in [0.25, 0.3) is 0 Å². The molecule has 0 unspecified atom stereocenters. The van der Waals surface area contributed by atoms with E-state index in [2.05, 4.69) is 0 Å². The Bertz CT molecular complexity index is 810. The number of carbonyl (C=O) groups is 2. The van der Waals surface area contributed by atoms with E-state index in [4.69, 9.17) is 0 Å². The fraction of sp³-hybridized carbons (Fsp3) is 0.556. The number of hydrogen-bond acceptors (Lipinski definition) is 4. The van der Waals surface area contributed by atoms with Crippen LogP contribution < -0.4 is 0 Å². The van der Waals surface area contributed by atoms with Crippen molar-refractivity contribution in [1.82, 2.24) is 9.21 Å². The first-order valence-electron chi connectivity index (χ1n) is 8.75. The highest BCUT2D eigenvalue weighted by Crippen LogP contribution is 2.33. The normalized spacial score (nSPS) is 20.0. The molecular weight excluding hydrogens is 340 g/mol. The molecule has 1 aliphatic carbocycles. The van der Waals surface area contributed by atoms with Gasteiger partial charge >= 0.3 is 0 Å². The fourth-order valence-corrected chi connectivity index (χ4v) is 5.52. The highest BCUT2D eigenvalue weighted by molar-refractivity contribution is 7.90. The van der Waals surface area contributed by atoms with E-state index in [0.717, 1.165) is 30.0 Å². The third-order valence-corrected chi connectivity index (χ3v) is 7.11. The van der Waals surface area contributed by atoms with Crippen LogP contribution in [0.3, 0.4) is 0 Å². The lowest BCUT2D eigenvalue weighted by Crippen LogP contribution is -2.38. The van der Waals surface area contributed by atoms with Crippen LogP contribution >= 0.6 is 0 Å². The number of amides is 2. The summed E-state index contributed by atoms with van der Waals surface area (Å²) < 4.78 is 26.2. The molecule has 136 valence electrons. The first-order chi connectivity index (χ1) is 11.7. The van der Waals surface area contributed by atoms with Crippen molar-refractivity contribution in [1.29, 1.82) is 0 Å². The Morgan fingerprint density at radius 1 is 1.20 bits per heavy atom. The lowest BCUT2D eigenvalue weighted by atomic mass is 9.94. The molecule has 2 amide bonds. The molecule has 2 aliphatic rings. The molecule has 1 aliphatic heterocycles. The lowest BCUT2D eigenvalue weighted by molar-refractivity contribution is 0.0695. The zero-order chi connectivity index (χ0) is 18.4. The Kier molecular flexibility index (Phi) is 4.62. The van der Waals surface area contributed by atoms with Crippen molar-refractivity contribution in [2.45, 2.75) is 62.9 Å². The van der Waals surface area contributed by atoms with Crippen LogP contribution in [0.5, 0.6) is 0 Å². The molecule has 0 bridgehead atoms. The van der Waals surface area contributed by atoms with Crippen molar-refractivity contribution >= 4 is 21.8 Å². The second-order valence-corrected chi connectivity index (χ2v) is 8.90. The first-order valence-corrected chi connectivity index (χ1v) is 10.2. The number of carbonyl (C=O) groups excluding carboxylic acids is 2. The zero-order valence-corrected chi connectivity index (χ0v) is 15.7. The standard InChI is InChI=1S/C18H24N2O4S/c1-12(2)20-18(22)15-10-9-13(11-16(15)25(20,23)24)17(21)19(3)14-7-5-4-6-8-14/h9-12,14H,4-8H2,1-3H3. The van der Waals surface area contributed by atoms with Crippen molar-refractivity contribution in [2.75, 3.05) is 7.05 Å². The number of benzene rings is 1. The van der Waals surface area contributed by atoms with Crippen molar-refractivity contribution in [2.24, 2.45) is 0 Å². The largest absolute Gasteiger partial charge is 0.339 e. The Hall–Kier alpha value is -1.89. The van der Waals surface area contributed by atoms with E-state index in [0.29, 0.717) is 5.56 Å². The van der Waals surface area contributed by atoms with E-state index >= 15 is 0 Å². The molecule has 0 aromatic heterocycles. The molecule has 7 heteroatoms. The fourth-order valence-electron chi connectivity index (χ4n) is 3.73. The third-order valence-electron chi connectivity index (χ3n) is 5.11. The molecule has 0 radical (unpaired) electrons. The van der Waals surface area contributed by atoms with Gasteiger partial charge in [-0.1, -0.05) is 19.3 Å². The van der Waals surface area contributed by atoms with Gasteiger partial charge in [0.25, 0.3) is 21.8 Å². The van der Waals surface area contributed by atoms with Crippen LogP contribution in [-0.2, 0) is 10.0 Å². The minimum Gasteiger partial charge on any atom is -0.339 e. The number of rotatable bonds is 3. The molecule has 1 fully saturated rings. The maximum absolute atomic E-state index is 12.8. The monoisotopic (exact) mass is 364 g/mol. The Morgan fingerprint density at radius 2 is 1.84 bits per heavy atom. The lowest BCUT2D eigenvalue weighted by Gasteiger charge is -2.31. The summed E-state index contributed by atoms with van der Waals surface area (Å²) in [5.41, 5.74) is 0.458. The Balaban J connectivity index is 1.93. The molecule has 1 aromatic carbocycles. The number of sulfonamides is 1. The van der Waals surface area contributed by atoms with E-state index in [1.54, 1.807) is 31.9 Å². The summed E-state index contributed by atoms with van der Waals surface area (Å²) in [6.45, 7) is 3.31. The molecule has 1 saturated carbocycles. The van der Waals surface area contributed by atoms with E-state index in [9.17, 15) is 18.0 Å². The topological polar surface area (TPSA) is 74.8 Å². The first kappa shape index (κ1) is 17.9. The zero-order valence-electron chi connectivity index (χ0n) is 14.9. The van der Waals surface area contributed by atoms with Gasteiger partial charge in [-0.25, -0.2) is 12.7 Å². The predicted molar refractivity (Wildman–Crippen MR) is 93.9 cm³/mol. The van der Waals surface area contributed by atoms with Gasteiger partial charge in [-0.2, -0.15) is 0 Å². The molecule has 0 saturated heterocycles. The summed E-state index contributed by atoms with van der Waals surface area (Å²) in [7, 11) is -2.12. The van der Waals surface area contributed by atoms with Crippen molar-refractivity contribution < 1.29 is 18.0 Å². The SMILES string of the molecule is CC(C)N1C(=O)c2ccc(C(=O)N(C)C3CCCCC3)cc2S1(=O)=O. The molecule has 0 atom stereocenters. The van der Waals surface area contributed by atoms with Crippen LogP contribution in [0.4, 0.5) is 0 Å². The average molecular weight is 364 g/mol. The number of fused-ring (bicyclic) bond motifs is 1. The quantitative estimate of drug-likeness (QED) is 0.826. The summed E-state index contributed by atoms with van der Waals surface area (Å²) in [6.07, 6.45) is 5.37. The second-order valence-electron chi connectivity index (χ2n) is 7.12. The molecule has 1 aromatic rings. The van der Waals surface area contributed by atoms with E-state index < -0.39 is 22.0 Å². The van der Waals surface area contributed by atoms with Crippen LogP contribution in [-0.4, -0.2) is 48.6 Å². The van der Waals surface area contributed by atoms with Crippen molar-refractivity contribution in [3.05, 3.63) is 29.3 Å². The summed E-state index contributed by atoms with van der Waals surface area (Å²) in [4.78, 5) is 26.8.